The molecule has 5 nitrogen and oxygen atoms in total. The third kappa shape index (κ3) is 3.83. The van der Waals surface area contributed by atoms with E-state index in [1.807, 2.05) is 12.1 Å². The van der Waals surface area contributed by atoms with Gasteiger partial charge in [0.2, 0.25) is 0 Å². The zero-order chi connectivity index (χ0) is 16.8. The highest BCUT2D eigenvalue weighted by molar-refractivity contribution is 5.74. The zero-order valence-electron chi connectivity index (χ0n) is 14.6. The van der Waals surface area contributed by atoms with Crippen molar-refractivity contribution in [1.82, 2.24) is 16.0 Å². The van der Waals surface area contributed by atoms with E-state index in [4.69, 9.17) is 4.74 Å². The minimum Gasteiger partial charge on any atom is -0.496 e. The van der Waals surface area contributed by atoms with E-state index in [1.165, 1.54) is 12.0 Å². The van der Waals surface area contributed by atoms with Gasteiger partial charge in [-0.1, -0.05) is 24.6 Å². The molecule has 1 aromatic rings. The number of para-hydroxylation sites is 1. The number of amides is 2. The Balaban J connectivity index is 1.52. The molecule has 1 heterocycles. The Labute approximate surface area is 144 Å². The lowest BCUT2D eigenvalue weighted by Gasteiger charge is -2.43. The average molecular weight is 331 g/mol. The molecule has 2 fully saturated rings. The van der Waals surface area contributed by atoms with E-state index in [9.17, 15) is 4.79 Å². The Kier molecular flexibility index (Phi) is 5.61. The van der Waals surface area contributed by atoms with Crippen LogP contribution in [0.1, 0.15) is 37.7 Å². The van der Waals surface area contributed by atoms with Gasteiger partial charge in [0.25, 0.3) is 0 Å². The smallest absolute Gasteiger partial charge is 0.314 e. The van der Waals surface area contributed by atoms with Gasteiger partial charge in [-0.2, -0.15) is 0 Å². The average Bonchev–Trinajstić information content (AvgIpc) is 2.60. The Bertz CT molecular complexity index is 551. The lowest BCUT2D eigenvalue weighted by atomic mass is 9.64. The number of carbonyl (C=O) groups is 1. The lowest BCUT2D eigenvalue weighted by Crippen LogP contribution is -2.49. The summed E-state index contributed by atoms with van der Waals surface area (Å²) in [7, 11) is 1.71. The van der Waals surface area contributed by atoms with Crippen LogP contribution in [-0.2, 0) is 5.41 Å². The van der Waals surface area contributed by atoms with Crippen molar-refractivity contribution in [3.05, 3.63) is 29.8 Å². The van der Waals surface area contributed by atoms with Crippen LogP contribution < -0.4 is 20.7 Å². The first-order valence-corrected chi connectivity index (χ1v) is 9.09. The monoisotopic (exact) mass is 331 g/mol. The van der Waals surface area contributed by atoms with E-state index in [1.54, 1.807) is 7.11 Å². The van der Waals surface area contributed by atoms with Crippen molar-refractivity contribution in [2.75, 3.05) is 33.3 Å². The topological polar surface area (TPSA) is 62.4 Å². The van der Waals surface area contributed by atoms with Crippen LogP contribution in [0.15, 0.2) is 24.3 Å². The largest absolute Gasteiger partial charge is 0.496 e. The molecule has 1 aliphatic heterocycles. The molecule has 3 N–H and O–H groups in total. The van der Waals surface area contributed by atoms with Gasteiger partial charge < -0.3 is 20.7 Å². The summed E-state index contributed by atoms with van der Waals surface area (Å²) < 4.78 is 5.53. The van der Waals surface area contributed by atoms with Gasteiger partial charge in [-0.3, -0.25) is 0 Å². The molecule has 0 bridgehead atoms. The molecule has 24 heavy (non-hydrogen) atoms. The van der Waals surface area contributed by atoms with Crippen LogP contribution in [0.5, 0.6) is 5.75 Å². The minimum atomic E-state index is -0.0466. The zero-order valence-corrected chi connectivity index (χ0v) is 14.6. The SMILES string of the molecule is COc1ccccc1C1(CNC(=O)NCC2CCNCC2)CCC1. The van der Waals surface area contributed by atoms with Gasteiger partial charge in [0.05, 0.1) is 7.11 Å². The lowest BCUT2D eigenvalue weighted by molar-refractivity contribution is 0.209. The summed E-state index contributed by atoms with van der Waals surface area (Å²) in [5.74, 6) is 1.53. The van der Waals surface area contributed by atoms with Crippen molar-refractivity contribution in [1.29, 1.82) is 0 Å². The number of hydrogen-bond acceptors (Lipinski definition) is 3. The summed E-state index contributed by atoms with van der Waals surface area (Å²) in [6, 6.07) is 8.14. The fraction of sp³-hybridized carbons (Fsp3) is 0.632. The molecule has 1 saturated carbocycles. The van der Waals surface area contributed by atoms with Crippen LogP contribution in [0.25, 0.3) is 0 Å². The second kappa shape index (κ2) is 7.88. The number of ether oxygens (including phenoxy) is 1. The summed E-state index contributed by atoms with van der Waals surface area (Å²) in [5.41, 5.74) is 1.25. The van der Waals surface area contributed by atoms with Crippen LogP contribution in [-0.4, -0.2) is 39.3 Å². The summed E-state index contributed by atoms with van der Waals surface area (Å²) in [6.07, 6.45) is 5.69. The quantitative estimate of drug-likeness (QED) is 0.750. The van der Waals surface area contributed by atoms with Crippen molar-refractivity contribution in [3.63, 3.8) is 0 Å². The molecule has 1 saturated heterocycles. The number of nitrogens with one attached hydrogen (secondary N) is 3. The summed E-state index contributed by atoms with van der Waals surface area (Å²) in [5, 5.41) is 9.49. The van der Waals surface area contributed by atoms with Crippen molar-refractivity contribution in [2.24, 2.45) is 5.92 Å². The van der Waals surface area contributed by atoms with E-state index in [0.29, 0.717) is 12.5 Å². The molecule has 0 spiro atoms. The summed E-state index contributed by atoms with van der Waals surface area (Å²) in [6.45, 7) is 3.57. The maximum absolute atomic E-state index is 12.2. The number of piperidine rings is 1. The first kappa shape index (κ1) is 17.1. The van der Waals surface area contributed by atoms with Crippen molar-refractivity contribution in [2.45, 2.75) is 37.5 Å². The molecule has 0 radical (unpaired) electrons. The fourth-order valence-electron chi connectivity index (χ4n) is 3.86. The summed E-state index contributed by atoms with van der Waals surface area (Å²) in [4.78, 5) is 12.2. The minimum absolute atomic E-state index is 0.0265. The second-order valence-corrected chi connectivity index (χ2v) is 7.09. The number of urea groups is 1. The van der Waals surface area contributed by atoms with Gasteiger partial charge in [0.15, 0.2) is 0 Å². The van der Waals surface area contributed by atoms with Gasteiger partial charge >= 0.3 is 6.03 Å². The number of rotatable bonds is 6. The maximum atomic E-state index is 12.2. The molecule has 0 atom stereocenters. The fourth-order valence-corrected chi connectivity index (χ4v) is 3.86. The third-order valence-electron chi connectivity index (χ3n) is 5.59. The second-order valence-electron chi connectivity index (χ2n) is 7.09. The highest BCUT2D eigenvalue weighted by Gasteiger charge is 2.40. The molecule has 3 rings (SSSR count). The van der Waals surface area contributed by atoms with Crippen molar-refractivity contribution in [3.8, 4) is 5.75 Å². The molecule has 5 heteroatoms. The molecular weight excluding hydrogens is 302 g/mol. The van der Waals surface area contributed by atoms with Crippen LogP contribution in [0, 0.1) is 5.92 Å². The Morgan fingerprint density at radius 1 is 1.25 bits per heavy atom. The van der Waals surface area contributed by atoms with Gasteiger partial charge in [-0.05, 0) is 50.8 Å². The van der Waals surface area contributed by atoms with E-state index >= 15 is 0 Å². The number of hydrogen-bond donors (Lipinski definition) is 3. The number of benzene rings is 1. The standard InChI is InChI=1S/C19H29N3O2/c1-24-17-6-3-2-5-16(17)19(9-4-10-19)14-22-18(23)21-13-15-7-11-20-12-8-15/h2-3,5-6,15,20H,4,7-14H2,1H3,(H2,21,22,23). The predicted molar refractivity (Wildman–Crippen MR) is 95.5 cm³/mol. The molecule has 1 aliphatic carbocycles. The van der Waals surface area contributed by atoms with Gasteiger partial charge in [0.1, 0.15) is 5.75 Å². The van der Waals surface area contributed by atoms with E-state index in [0.717, 1.165) is 51.1 Å². The highest BCUT2D eigenvalue weighted by Crippen LogP contribution is 2.46. The third-order valence-corrected chi connectivity index (χ3v) is 5.59. The molecule has 2 aliphatic rings. The highest BCUT2D eigenvalue weighted by atomic mass is 16.5. The van der Waals surface area contributed by atoms with Crippen LogP contribution in [0.4, 0.5) is 4.79 Å². The van der Waals surface area contributed by atoms with E-state index in [-0.39, 0.29) is 11.4 Å². The molecular formula is C19H29N3O2. The van der Waals surface area contributed by atoms with Gasteiger partial charge in [-0.15, -0.1) is 0 Å². The van der Waals surface area contributed by atoms with Gasteiger partial charge in [-0.25, -0.2) is 4.79 Å². The number of carbonyl (C=O) groups excluding carboxylic acids is 1. The maximum Gasteiger partial charge on any atom is 0.314 e. The van der Waals surface area contributed by atoms with Crippen LogP contribution >= 0.6 is 0 Å². The van der Waals surface area contributed by atoms with Crippen LogP contribution in [0.3, 0.4) is 0 Å². The molecule has 132 valence electrons. The normalized spacial score (nSPS) is 20.0. The Morgan fingerprint density at radius 3 is 2.67 bits per heavy atom. The van der Waals surface area contributed by atoms with E-state index in [2.05, 4.69) is 28.1 Å². The van der Waals surface area contributed by atoms with Gasteiger partial charge in [0, 0.05) is 24.1 Å². The number of methoxy groups -OCH3 is 1. The molecule has 0 unspecified atom stereocenters. The molecule has 1 aromatic carbocycles. The van der Waals surface area contributed by atoms with Crippen molar-refractivity contribution >= 4 is 6.03 Å². The molecule has 0 aromatic heterocycles. The predicted octanol–water partition coefficient (Wildman–Crippen LogP) is 2.42. The summed E-state index contributed by atoms with van der Waals surface area (Å²) >= 11 is 0. The Hall–Kier alpha value is -1.75. The van der Waals surface area contributed by atoms with E-state index < -0.39 is 0 Å². The first-order valence-electron chi connectivity index (χ1n) is 9.09. The Morgan fingerprint density at radius 2 is 2.00 bits per heavy atom. The van der Waals surface area contributed by atoms with Crippen LogP contribution in [0.2, 0.25) is 0 Å². The molecule has 2 amide bonds. The first-order chi connectivity index (χ1) is 11.7. The van der Waals surface area contributed by atoms with Crippen molar-refractivity contribution < 1.29 is 9.53 Å².